The van der Waals surface area contributed by atoms with Crippen molar-refractivity contribution in [3.8, 4) is 11.3 Å². The number of benzene rings is 1. The summed E-state index contributed by atoms with van der Waals surface area (Å²) in [5.41, 5.74) is 2.00. The Kier molecular flexibility index (Phi) is 5.87. The SMILES string of the molecule is CC(C)NC(=O)C[C@H]1CCNC[C@@H]1Cc1cc(-c2ccccc2)on1. The Morgan fingerprint density at radius 2 is 2.12 bits per heavy atom. The number of amides is 1. The summed E-state index contributed by atoms with van der Waals surface area (Å²) in [4.78, 5) is 12.1. The smallest absolute Gasteiger partial charge is 0.220 e. The Labute approximate surface area is 149 Å². The lowest BCUT2D eigenvalue weighted by Crippen LogP contribution is -2.41. The highest BCUT2D eigenvalue weighted by atomic mass is 16.5. The molecule has 1 aliphatic rings. The third-order valence-corrected chi connectivity index (χ3v) is 4.75. The summed E-state index contributed by atoms with van der Waals surface area (Å²) in [6, 6.07) is 12.2. The van der Waals surface area contributed by atoms with Gasteiger partial charge in [-0.15, -0.1) is 0 Å². The van der Waals surface area contributed by atoms with Gasteiger partial charge in [-0.2, -0.15) is 0 Å². The lowest BCUT2D eigenvalue weighted by molar-refractivity contribution is -0.123. The van der Waals surface area contributed by atoms with Gasteiger partial charge in [-0.3, -0.25) is 4.79 Å². The maximum Gasteiger partial charge on any atom is 0.220 e. The van der Waals surface area contributed by atoms with Crippen LogP contribution in [-0.2, 0) is 11.2 Å². The number of rotatable bonds is 6. The average molecular weight is 341 g/mol. The second-order valence-electron chi connectivity index (χ2n) is 7.19. The van der Waals surface area contributed by atoms with Crippen LogP contribution in [0.2, 0.25) is 0 Å². The van der Waals surface area contributed by atoms with E-state index in [-0.39, 0.29) is 11.9 Å². The monoisotopic (exact) mass is 341 g/mol. The van der Waals surface area contributed by atoms with E-state index in [4.69, 9.17) is 4.52 Å². The van der Waals surface area contributed by atoms with E-state index in [2.05, 4.69) is 15.8 Å². The van der Waals surface area contributed by atoms with E-state index in [0.717, 1.165) is 42.9 Å². The predicted octanol–water partition coefficient (Wildman–Crippen LogP) is 3.02. The first-order chi connectivity index (χ1) is 12.1. The topological polar surface area (TPSA) is 67.2 Å². The van der Waals surface area contributed by atoms with E-state index in [1.807, 2.05) is 50.2 Å². The van der Waals surface area contributed by atoms with E-state index < -0.39 is 0 Å². The predicted molar refractivity (Wildman–Crippen MR) is 98.0 cm³/mol. The minimum absolute atomic E-state index is 0.150. The highest BCUT2D eigenvalue weighted by Gasteiger charge is 2.28. The molecule has 5 nitrogen and oxygen atoms in total. The molecular formula is C20H27N3O2. The Balaban J connectivity index is 1.64. The maximum atomic E-state index is 12.1. The summed E-state index contributed by atoms with van der Waals surface area (Å²) in [6.07, 6.45) is 2.45. The van der Waals surface area contributed by atoms with Gasteiger partial charge in [0.1, 0.15) is 0 Å². The van der Waals surface area contributed by atoms with Gasteiger partial charge in [0, 0.05) is 24.1 Å². The lowest BCUT2D eigenvalue weighted by Gasteiger charge is -2.31. The highest BCUT2D eigenvalue weighted by Crippen LogP contribution is 2.28. The van der Waals surface area contributed by atoms with E-state index in [9.17, 15) is 4.79 Å². The van der Waals surface area contributed by atoms with Crippen molar-refractivity contribution in [2.75, 3.05) is 13.1 Å². The molecule has 1 aromatic carbocycles. The first kappa shape index (κ1) is 17.7. The van der Waals surface area contributed by atoms with Crippen LogP contribution in [0, 0.1) is 11.8 Å². The van der Waals surface area contributed by atoms with Gasteiger partial charge in [0.25, 0.3) is 0 Å². The number of piperidine rings is 1. The van der Waals surface area contributed by atoms with Crippen molar-refractivity contribution in [3.05, 3.63) is 42.1 Å². The van der Waals surface area contributed by atoms with Crippen molar-refractivity contribution < 1.29 is 9.32 Å². The van der Waals surface area contributed by atoms with Crippen LogP contribution in [-0.4, -0.2) is 30.2 Å². The quantitative estimate of drug-likeness (QED) is 0.847. The number of hydrogen-bond donors (Lipinski definition) is 2. The number of carbonyl (C=O) groups excluding carboxylic acids is 1. The Morgan fingerprint density at radius 3 is 2.88 bits per heavy atom. The van der Waals surface area contributed by atoms with E-state index in [1.165, 1.54) is 0 Å². The maximum absolute atomic E-state index is 12.1. The molecule has 0 radical (unpaired) electrons. The second-order valence-corrected chi connectivity index (χ2v) is 7.19. The van der Waals surface area contributed by atoms with Crippen molar-refractivity contribution in [2.24, 2.45) is 11.8 Å². The molecule has 1 fully saturated rings. The molecule has 2 aromatic rings. The first-order valence-electron chi connectivity index (χ1n) is 9.13. The normalized spacial score (nSPS) is 20.6. The van der Waals surface area contributed by atoms with Crippen molar-refractivity contribution >= 4 is 5.91 Å². The highest BCUT2D eigenvalue weighted by molar-refractivity contribution is 5.76. The van der Waals surface area contributed by atoms with Crippen LogP contribution in [0.25, 0.3) is 11.3 Å². The molecule has 0 spiro atoms. The van der Waals surface area contributed by atoms with Crippen LogP contribution < -0.4 is 10.6 Å². The van der Waals surface area contributed by atoms with Gasteiger partial charge in [-0.1, -0.05) is 35.5 Å². The molecular weight excluding hydrogens is 314 g/mol. The Bertz CT molecular complexity index is 681. The van der Waals surface area contributed by atoms with Gasteiger partial charge in [0.15, 0.2) is 5.76 Å². The van der Waals surface area contributed by atoms with E-state index in [0.29, 0.717) is 18.3 Å². The molecule has 0 saturated carbocycles. The molecule has 2 N–H and O–H groups in total. The van der Waals surface area contributed by atoms with Gasteiger partial charge in [0.05, 0.1) is 5.69 Å². The summed E-state index contributed by atoms with van der Waals surface area (Å²) in [6.45, 7) is 5.90. The Morgan fingerprint density at radius 1 is 1.32 bits per heavy atom. The van der Waals surface area contributed by atoms with Crippen molar-refractivity contribution in [1.82, 2.24) is 15.8 Å². The summed E-state index contributed by atoms with van der Waals surface area (Å²) in [7, 11) is 0. The molecule has 2 atom stereocenters. The van der Waals surface area contributed by atoms with Gasteiger partial charge in [-0.05, 0) is 51.6 Å². The molecule has 0 unspecified atom stereocenters. The lowest BCUT2D eigenvalue weighted by atomic mass is 9.81. The molecule has 1 saturated heterocycles. The molecule has 2 heterocycles. The Hall–Kier alpha value is -2.14. The molecule has 5 heteroatoms. The second kappa shape index (κ2) is 8.30. The molecule has 0 bridgehead atoms. The zero-order chi connectivity index (χ0) is 17.6. The van der Waals surface area contributed by atoms with Crippen LogP contribution in [0.15, 0.2) is 40.9 Å². The van der Waals surface area contributed by atoms with Crippen LogP contribution >= 0.6 is 0 Å². The molecule has 1 aliphatic heterocycles. The van der Waals surface area contributed by atoms with Gasteiger partial charge < -0.3 is 15.2 Å². The molecule has 1 amide bonds. The van der Waals surface area contributed by atoms with E-state index in [1.54, 1.807) is 0 Å². The zero-order valence-corrected chi connectivity index (χ0v) is 15.0. The van der Waals surface area contributed by atoms with Crippen LogP contribution in [0.4, 0.5) is 0 Å². The number of nitrogens with zero attached hydrogens (tertiary/aromatic N) is 1. The number of nitrogens with one attached hydrogen (secondary N) is 2. The molecule has 25 heavy (non-hydrogen) atoms. The molecule has 3 rings (SSSR count). The van der Waals surface area contributed by atoms with Crippen molar-refractivity contribution in [1.29, 1.82) is 0 Å². The first-order valence-corrected chi connectivity index (χ1v) is 9.13. The standard InChI is InChI=1S/C20H27N3O2/c1-14(2)22-20(24)11-16-8-9-21-13-17(16)10-18-12-19(25-23-18)15-6-4-3-5-7-15/h3-7,12,14,16-17,21H,8-11,13H2,1-2H3,(H,22,24)/t16-,17+/m1/s1. The number of carbonyl (C=O) groups is 1. The summed E-state index contributed by atoms with van der Waals surface area (Å²) >= 11 is 0. The average Bonchev–Trinajstić information content (AvgIpc) is 3.05. The van der Waals surface area contributed by atoms with Gasteiger partial charge in [0.2, 0.25) is 5.91 Å². The molecule has 134 valence electrons. The zero-order valence-electron chi connectivity index (χ0n) is 15.0. The molecule has 0 aliphatic carbocycles. The minimum Gasteiger partial charge on any atom is -0.356 e. The fourth-order valence-electron chi connectivity index (χ4n) is 3.52. The largest absolute Gasteiger partial charge is 0.356 e. The van der Waals surface area contributed by atoms with Crippen LogP contribution in [0.3, 0.4) is 0 Å². The van der Waals surface area contributed by atoms with Gasteiger partial charge >= 0.3 is 0 Å². The fourth-order valence-corrected chi connectivity index (χ4v) is 3.52. The molecule has 1 aromatic heterocycles. The van der Waals surface area contributed by atoms with Crippen molar-refractivity contribution in [2.45, 2.75) is 39.2 Å². The van der Waals surface area contributed by atoms with Crippen LogP contribution in [0.5, 0.6) is 0 Å². The third kappa shape index (κ3) is 4.92. The summed E-state index contributed by atoms with van der Waals surface area (Å²) < 4.78 is 5.51. The summed E-state index contributed by atoms with van der Waals surface area (Å²) in [5.74, 6) is 1.74. The van der Waals surface area contributed by atoms with E-state index >= 15 is 0 Å². The fraction of sp³-hybridized carbons (Fsp3) is 0.500. The number of aromatic nitrogens is 1. The summed E-state index contributed by atoms with van der Waals surface area (Å²) in [5, 5.41) is 10.7. The van der Waals surface area contributed by atoms with Crippen molar-refractivity contribution in [3.63, 3.8) is 0 Å². The van der Waals surface area contributed by atoms with Crippen LogP contribution in [0.1, 0.15) is 32.4 Å². The minimum atomic E-state index is 0.150. The van der Waals surface area contributed by atoms with Gasteiger partial charge in [-0.25, -0.2) is 0 Å². The number of hydrogen-bond acceptors (Lipinski definition) is 4. The third-order valence-electron chi connectivity index (χ3n) is 4.75.